The monoisotopic (exact) mass is 393 g/mol. The van der Waals surface area contributed by atoms with Gasteiger partial charge < -0.3 is 15.5 Å². The van der Waals surface area contributed by atoms with Crippen molar-refractivity contribution in [2.24, 2.45) is 5.73 Å². The van der Waals surface area contributed by atoms with E-state index < -0.39 is 0 Å². The summed E-state index contributed by atoms with van der Waals surface area (Å²) in [6.07, 6.45) is 0. The summed E-state index contributed by atoms with van der Waals surface area (Å²) >= 11 is 0. The molecule has 0 fully saturated rings. The number of benzene rings is 5. The first-order valence-corrected chi connectivity index (χ1v) is 10.5. The summed E-state index contributed by atoms with van der Waals surface area (Å²) in [5, 5.41) is 7.90. The Labute approximate surface area is 177 Å². The molecule has 150 valence electrons. The Morgan fingerprint density at radius 3 is 2.00 bits per heavy atom. The molecule has 5 aromatic carbocycles. The molecule has 0 bridgehead atoms. The molecule has 0 heterocycles. The lowest BCUT2D eigenvalue weighted by Crippen LogP contribution is -2.29. The van der Waals surface area contributed by atoms with Crippen LogP contribution in [-0.4, -0.2) is 27.2 Å². The van der Waals surface area contributed by atoms with Crippen LogP contribution in [0, 0.1) is 0 Å². The number of hydrogen-bond donors (Lipinski definition) is 1. The van der Waals surface area contributed by atoms with Crippen LogP contribution in [-0.2, 0) is 6.54 Å². The zero-order valence-electron chi connectivity index (χ0n) is 17.6. The molecule has 3 nitrogen and oxygen atoms in total. The van der Waals surface area contributed by atoms with Gasteiger partial charge in [-0.1, -0.05) is 60.7 Å². The Morgan fingerprint density at radius 2 is 1.33 bits per heavy atom. The number of nitrogens with zero attached hydrogens (tertiary/aromatic N) is 2. The summed E-state index contributed by atoms with van der Waals surface area (Å²) in [7, 11) is 4.14. The lowest BCUT2D eigenvalue weighted by Gasteiger charge is -2.27. The minimum absolute atomic E-state index is 0.623. The molecule has 0 unspecified atom stereocenters. The average molecular weight is 394 g/mol. The SMILES string of the molecule is CN(C)c1ccc(CN(CCN)c2ccc3ccc4cccc5ccc2c3c45)cc1. The van der Waals surface area contributed by atoms with Crippen molar-refractivity contribution < 1.29 is 0 Å². The van der Waals surface area contributed by atoms with Crippen LogP contribution in [0.4, 0.5) is 11.4 Å². The summed E-state index contributed by atoms with van der Waals surface area (Å²) in [4.78, 5) is 4.54. The van der Waals surface area contributed by atoms with Crippen LogP contribution in [0.1, 0.15) is 5.56 Å². The van der Waals surface area contributed by atoms with Crippen molar-refractivity contribution in [2.75, 3.05) is 37.0 Å². The van der Waals surface area contributed by atoms with E-state index in [2.05, 4.69) is 103 Å². The summed E-state index contributed by atoms with van der Waals surface area (Å²) in [6.45, 7) is 2.28. The lowest BCUT2D eigenvalue weighted by molar-refractivity contribution is 0.793. The van der Waals surface area contributed by atoms with E-state index in [9.17, 15) is 0 Å². The van der Waals surface area contributed by atoms with Crippen LogP contribution in [0.25, 0.3) is 32.3 Å². The molecule has 5 rings (SSSR count). The molecule has 0 radical (unpaired) electrons. The smallest absolute Gasteiger partial charge is 0.0450 e. The van der Waals surface area contributed by atoms with Crippen LogP contribution < -0.4 is 15.5 Å². The molecular formula is C27H27N3. The first-order valence-electron chi connectivity index (χ1n) is 10.5. The molecule has 2 N–H and O–H groups in total. The van der Waals surface area contributed by atoms with E-state index in [1.807, 2.05) is 0 Å². The van der Waals surface area contributed by atoms with Crippen molar-refractivity contribution in [2.45, 2.75) is 6.54 Å². The normalized spacial score (nSPS) is 11.6. The van der Waals surface area contributed by atoms with E-state index in [0.29, 0.717) is 6.54 Å². The average Bonchev–Trinajstić information content (AvgIpc) is 2.77. The Hall–Kier alpha value is -3.30. The third-order valence-corrected chi connectivity index (χ3v) is 6.07. The van der Waals surface area contributed by atoms with Gasteiger partial charge in [-0.05, 0) is 50.7 Å². The van der Waals surface area contributed by atoms with E-state index in [4.69, 9.17) is 5.73 Å². The molecule has 0 saturated heterocycles. The summed E-state index contributed by atoms with van der Waals surface area (Å²) in [5.74, 6) is 0. The fourth-order valence-corrected chi connectivity index (χ4v) is 4.56. The van der Waals surface area contributed by atoms with Gasteiger partial charge in [-0.3, -0.25) is 0 Å². The second-order valence-corrected chi connectivity index (χ2v) is 8.21. The molecular weight excluding hydrogens is 366 g/mol. The summed E-state index contributed by atoms with van der Waals surface area (Å²) < 4.78 is 0. The van der Waals surface area contributed by atoms with E-state index >= 15 is 0 Å². The van der Waals surface area contributed by atoms with E-state index in [-0.39, 0.29) is 0 Å². The Morgan fingerprint density at radius 1 is 0.700 bits per heavy atom. The Balaban J connectivity index is 1.63. The molecule has 0 aliphatic rings. The van der Waals surface area contributed by atoms with Gasteiger partial charge in [-0.15, -0.1) is 0 Å². The molecule has 0 atom stereocenters. The predicted octanol–water partition coefficient (Wildman–Crippen LogP) is 5.62. The van der Waals surface area contributed by atoms with Gasteiger partial charge in [-0.2, -0.15) is 0 Å². The largest absolute Gasteiger partial charge is 0.378 e. The number of anilines is 2. The highest BCUT2D eigenvalue weighted by Crippen LogP contribution is 2.39. The zero-order chi connectivity index (χ0) is 20.7. The van der Waals surface area contributed by atoms with E-state index in [0.717, 1.165) is 13.1 Å². The van der Waals surface area contributed by atoms with Crippen molar-refractivity contribution in [3.8, 4) is 0 Å². The Kier molecular flexibility index (Phi) is 4.68. The van der Waals surface area contributed by atoms with Crippen LogP contribution in [0.2, 0.25) is 0 Å². The van der Waals surface area contributed by atoms with Crippen molar-refractivity contribution >= 4 is 43.7 Å². The van der Waals surface area contributed by atoms with Crippen LogP contribution in [0.15, 0.2) is 78.9 Å². The molecule has 0 aliphatic heterocycles. The fraction of sp³-hybridized carbons (Fsp3) is 0.185. The third kappa shape index (κ3) is 3.12. The molecule has 30 heavy (non-hydrogen) atoms. The second-order valence-electron chi connectivity index (χ2n) is 8.21. The molecule has 5 aromatic rings. The maximum atomic E-state index is 6.02. The summed E-state index contributed by atoms with van der Waals surface area (Å²) in [5.41, 5.74) is 9.78. The molecule has 0 aliphatic carbocycles. The molecule has 0 spiro atoms. The highest BCUT2D eigenvalue weighted by Gasteiger charge is 2.15. The number of rotatable bonds is 6. The van der Waals surface area contributed by atoms with Gasteiger partial charge in [-0.25, -0.2) is 0 Å². The van der Waals surface area contributed by atoms with Crippen molar-refractivity contribution in [1.82, 2.24) is 0 Å². The maximum absolute atomic E-state index is 6.02. The molecule has 0 saturated carbocycles. The predicted molar refractivity (Wildman–Crippen MR) is 131 cm³/mol. The molecule has 3 heteroatoms. The van der Waals surface area contributed by atoms with Gasteiger partial charge in [0, 0.05) is 50.5 Å². The van der Waals surface area contributed by atoms with Gasteiger partial charge in [0.1, 0.15) is 0 Å². The highest BCUT2D eigenvalue weighted by molar-refractivity contribution is 6.25. The van der Waals surface area contributed by atoms with Crippen LogP contribution in [0.3, 0.4) is 0 Å². The van der Waals surface area contributed by atoms with Gasteiger partial charge in [0.15, 0.2) is 0 Å². The van der Waals surface area contributed by atoms with Gasteiger partial charge in [0.05, 0.1) is 0 Å². The molecule has 0 amide bonds. The van der Waals surface area contributed by atoms with E-state index in [1.54, 1.807) is 0 Å². The third-order valence-electron chi connectivity index (χ3n) is 6.07. The van der Waals surface area contributed by atoms with Gasteiger partial charge in [0.25, 0.3) is 0 Å². The molecule has 0 aromatic heterocycles. The maximum Gasteiger partial charge on any atom is 0.0450 e. The lowest BCUT2D eigenvalue weighted by atomic mass is 9.93. The number of nitrogens with two attached hydrogens (primary N) is 1. The van der Waals surface area contributed by atoms with E-state index in [1.165, 1.54) is 49.3 Å². The quantitative estimate of drug-likeness (QED) is 0.380. The highest BCUT2D eigenvalue weighted by atomic mass is 15.1. The van der Waals surface area contributed by atoms with Crippen LogP contribution in [0.5, 0.6) is 0 Å². The van der Waals surface area contributed by atoms with Crippen molar-refractivity contribution in [3.63, 3.8) is 0 Å². The minimum atomic E-state index is 0.623. The zero-order valence-corrected chi connectivity index (χ0v) is 17.6. The standard InChI is InChI=1S/C27H27N3/c1-29(2)23-12-6-19(7-13-23)18-30(17-16-28)25-15-11-22-9-8-20-4-3-5-21-10-14-24(25)27(22)26(20)21/h3-15H,16-18,28H2,1-2H3. The fourth-order valence-electron chi connectivity index (χ4n) is 4.56. The van der Waals surface area contributed by atoms with Crippen molar-refractivity contribution in [3.05, 3.63) is 84.4 Å². The summed E-state index contributed by atoms with van der Waals surface area (Å²) in [6, 6.07) is 28.8. The first kappa shape index (κ1) is 18.7. The second kappa shape index (κ2) is 7.51. The van der Waals surface area contributed by atoms with Gasteiger partial charge in [0.2, 0.25) is 0 Å². The first-order chi connectivity index (χ1) is 14.7. The van der Waals surface area contributed by atoms with Crippen LogP contribution >= 0.6 is 0 Å². The van der Waals surface area contributed by atoms with Crippen molar-refractivity contribution in [1.29, 1.82) is 0 Å². The Bertz CT molecular complexity index is 1290. The van der Waals surface area contributed by atoms with Gasteiger partial charge >= 0.3 is 0 Å². The number of hydrogen-bond acceptors (Lipinski definition) is 3. The topological polar surface area (TPSA) is 32.5 Å². The minimum Gasteiger partial charge on any atom is -0.378 e.